The van der Waals surface area contributed by atoms with Gasteiger partial charge in [-0.05, 0) is 118 Å². The molecule has 4 aliphatic rings. The topological polar surface area (TPSA) is 76.7 Å². The number of carbonyl (C=O) groups excluding carboxylic acids is 2. The number of methoxy groups -OCH3 is 1. The van der Waals surface area contributed by atoms with Crippen LogP contribution in [0.5, 0.6) is 0 Å². The van der Waals surface area contributed by atoms with Crippen molar-refractivity contribution in [2.24, 2.45) is 17.8 Å². The van der Waals surface area contributed by atoms with Gasteiger partial charge in [-0.25, -0.2) is 9.59 Å². The highest BCUT2D eigenvalue weighted by molar-refractivity contribution is 6.33. The van der Waals surface area contributed by atoms with Crippen molar-refractivity contribution in [3.63, 3.8) is 0 Å². The van der Waals surface area contributed by atoms with Gasteiger partial charge < -0.3 is 20.1 Å². The first-order chi connectivity index (χ1) is 18.0. The molecule has 7 heteroatoms. The van der Waals surface area contributed by atoms with Crippen molar-refractivity contribution in [2.45, 2.75) is 82.8 Å². The highest BCUT2D eigenvalue weighted by Gasteiger charge is 2.51. The molecular formula is C31H39ClN2O4. The van der Waals surface area contributed by atoms with Gasteiger partial charge in [-0.2, -0.15) is 0 Å². The Morgan fingerprint density at radius 2 is 1.61 bits per heavy atom. The maximum absolute atomic E-state index is 12.3. The summed E-state index contributed by atoms with van der Waals surface area (Å²) < 4.78 is 10.2. The van der Waals surface area contributed by atoms with Crippen LogP contribution in [-0.4, -0.2) is 30.8 Å². The number of carbonyl (C=O) groups is 2. The van der Waals surface area contributed by atoms with E-state index in [0.29, 0.717) is 5.41 Å². The molecule has 4 aliphatic carbocycles. The fourth-order valence-corrected chi connectivity index (χ4v) is 7.54. The fraction of sp³-hybridized carbons (Fsp3) is 0.548. The number of alkyl carbamates (subject to hydrolysis) is 1. The summed E-state index contributed by atoms with van der Waals surface area (Å²) >= 11 is 6.80. The Balaban J connectivity index is 1.23. The van der Waals surface area contributed by atoms with Gasteiger partial charge >= 0.3 is 12.1 Å². The van der Waals surface area contributed by atoms with Crippen LogP contribution in [0, 0.1) is 17.8 Å². The average molecular weight is 539 g/mol. The van der Waals surface area contributed by atoms with E-state index in [1.165, 1.54) is 51.2 Å². The number of hydrogen-bond acceptors (Lipinski definition) is 5. The molecule has 2 aromatic rings. The van der Waals surface area contributed by atoms with Crippen LogP contribution in [-0.2, 0) is 26.1 Å². The normalized spacial score (nSPS) is 26.5. The molecule has 6 rings (SSSR count). The second kappa shape index (κ2) is 10.4. The standard InChI is InChI=1S/C31H39ClN2O4/c1-30(2,3)38-29(36)34-27(28(35)37-4)14-19-5-8-24(9-6-19)33-26-10-7-23(15-25(26)32)31-16-20-11-21(17-31)13-22(12-20)18-31/h5-10,15,20-22,27,33H,11-14,16-18H2,1-4H3,(H,34,36). The lowest BCUT2D eigenvalue weighted by Gasteiger charge is -2.57. The van der Waals surface area contributed by atoms with Crippen LogP contribution in [0.1, 0.15) is 70.4 Å². The summed E-state index contributed by atoms with van der Waals surface area (Å²) in [5.74, 6) is 2.17. The third-order valence-electron chi connectivity index (χ3n) is 8.47. The van der Waals surface area contributed by atoms with Crippen molar-refractivity contribution in [1.29, 1.82) is 0 Å². The van der Waals surface area contributed by atoms with Crippen molar-refractivity contribution in [3.05, 3.63) is 58.6 Å². The molecule has 1 unspecified atom stereocenters. The van der Waals surface area contributed by atoms with E-state index in [2.05, 4.69) is 28.8 Å². The van der Waals surface area contributed by atoms with Crippen LogP contribution in [0.4, 0.5) is 16.2 Å². The molecule has 6 nitrogen and oxygen atoms in total. The Bertz CT molecular complexity index is 1150. The van der Waals surface area contributed by atoms with Gasteiger partial charge in [-0.15, -0.1) is 0 Å². The summed E-state index contributed by atoms with van der Waals surface area (Å²) in [6, 6.07) is 13.5. The zero-order valence-corrected chi connectivity index (χ0v) is 23.6. The molecule has 1 atom stereocenters. The van der Waals surface area contributed by atoms with Crippen molar-refractivity contribution in [2.75, 3.05) is 12.4 Å². The lowest BCUT2D eigenvalue weighted by atomic mass is 9.48. The van der Waals surface area contributed by atoms with Gasteiger partial charge in [0.25, 0.3) is 0 Å². The van der Waals surface area contributed by atoms with E-state index in [9.17, 15) is 9.59 Å². The summed E-state index contributed by atoms with van der Waals surface area (Å²) in [7, 11) is 1.30. The Labute approximate surface area is 230 Å². The number of rotatable bonds is 7. The average Bonchev–Trinajstić information content (AvgIpc) is 2.83. The minimum Gasteiger partial charge on any atom is -0.467 e. The minimum atomic E-state index is -0.847. The lowest BCUT2D eigenvalue weighted by molar-refractivity contribution is -0.143. The predicted molar refractivity (Wildman–Crippen MR) is 150 cm³/mol. The van der Waals surface area contributed by atoms with Crippen molar-refractivity contribution < 1.29 is 19.1 Å². The number of esters is 1. The highest BCUT2D eigenvalue weighted by atomic mass is 35.5. The van der Waals surface area contributed by atoms with Crippen LogP contribution in [0.2, 0.25) is 5.02 Å². The van der Waals surface area contributed by atoms with Crippen molar-refractivity contribution in [3.8, 4) is 0 Å². The van der Waals surface area contributed by atoms with Gasteiger partial charge in [-0.3, -0.25) is 0 Å². The van der Waals surface area contributed by atoms with Gasteiger partial charge in [-0.1, -0.05) is 29.8 Å². The zero-order valence-electron chi connectivity index (χ0n) is 22.8. The molecule has 1 amide bonds. The van der Waals surface area contributed by atoms with Crippen LogP contribution < -0.4 is 10.6 Å². The molecule has 2 N–H and O–H groups in total. The van der Waals surface area contributed by atoms with Gasteiger partial charge in [0.1, 0.15) is 11.6 Å². The number of amides is 1. The Morgan fingerprint density at radius 1 is 1.00 bits per heavy atom. The summed E-state index contributed by atoms with van der Waals surface area (Å²) in [5.41, 5.74) is 3.73. The molecule has 4 saturated carbocycles. The van der Waals surface area contributed by atoms with E-state index in [4.69, 9.17) is 21.1 Å². The van der Waals surface area contributed by atoms with Gasteiger partial charge in [0.15, 0.2) is 0 Å². The summed E-state index contributed by atoms with van der Waals surface area (Å²) in [5, 5.41) is 6.80. The molecule has 0 spiro atoms. The SMILES string of the molecule is COC(=O)C(Cc1ccc(Nc2ccc(C34CC5CC(CC(C5)C3)C4)cc2Cl)cc1)NC(=O)OC(C)(C)C. The first-order valence-electron chi connectivity index (χ1n) is 13.8. The van der Waals surface area contributed by atoms with Gasteiger partial charge in [0, 0.05) is 12.1 Å². The molecule has 0 saturated heterocycles. The van der Waals surface area contributed by atoms with Crippen molar-refractivity contribution in [1.82, 2.24) is 5.32 Å². The molecule has 0 aromatic heterocycles. The largest absolute Gasteiger partial charge is 0.467 e. The summed E-state index contributed by atoms with van der Waals surface area (Å²) in [6.07, 6.45) is 7.88. The molecule has 204 valence electrons. The van der Waals surface area contributed by atoms with Crippen LogP contribution in [0.15, 0.2) is 42.5 Å². The van der Waals surface area contributed by atoms with Gasteiger partial charge in [0.05, 0.1) is 17.8 Å². The molecule has 4 fully saturated rings. The van der Waals surface area contributed by atoms with E-state index in [1.54, 1.807) is 20.8 Å². The molecule has 0 radical (unpaired) electrons. The number of hydrogen-bond donors (Lipinski definition) is 2. The highest BCUT2D eigenvalue weighted by Crippen LogP contribution is 2.61. The first-order valence-corrected chi connectivity index (χ1v) is 14.1. The lowest BCUT2D eigenvalue weighted by Crippen LogP contribution is -2.48. The first kappa shape index (κ1) is 26.9. The van der Waals surface area contributed by atoms with E-state index in [0.717, 1.165) is 39.7 Å². The smallest absolute Gasteiger partial charge is 0.408 e. The maximum Gasteiger partial charge on any atom is 0.408 e. The molecule has 0 heterocycles. The van der Waals surface area contributed by atoms with E-state index < -0.39 is 23.7 Å². The number of ether oxygens (including phenoxy) is 2. The van der Waals surface area contributed by atoms with E-state index in [1.807, 2.05) is 24.3 Å². The minimum absolute atomic E-state index is 0.284. The predicted octanol–water partition coefficient (Wildman–Crippen LogP) is 7.16. The second-order valence-corrected chi connectivity index (χ2v) is 13.0. The quantitative estimate of drug-likeness (QED) is 0.366. The third kappa shape index (κ3) is 5.96. The second-order valence-electron chi connectivity index (χ2n) is 12.6. The Kier molecular flexibility index (Phi) is 7.38. The summed E-state index contributed by atoms with van der Waals surface area (Å²) in [6.45, 7) is 5.32. The molecule has 4 bridgehead atoms. The van der Waals surface area contributed by atoms with Crippen LogP contribution in [0.25, 0.3) is 0 Å². The number of benzene rings is 2. The molecule has 2 aromatic carbocycles. The molecule has 0 aliphatic heterocycles. The Hall–Kier alpha value is -2.73. The number of halogens is 1. The van der Waals surface area contributed by atoms with E-state index in [-0.39, 0.29) is 6.42 Å². The fourth-order valence-electron chi connectivity index (χ4n) is 7.31. The van der Waals surface area contributed by atoms with E-state index >= 15 is 0 Å². The third-order valence-corrected chi connectivity index (χ3v) is 8.78. The van der Waals surface area contributed by atoms with Crippen LogP contribution in [0.3, 0.4) is 0 Å². The van der Waals surface area contributed by atoms with Gasteiger partial charge in [0.2, 0.25) is 0 Å². The monoisotopic (exact) mass is 538 g/mol. The molecular weight excluding hydrogens is 500 g/mol. The number of anilines is 2. The number of nitrogens with one attached hydrogen (secondary N) is 2. The maximum atomic E-state index is 12.3. The summed E-state index contributed by atoms with van der Waals surface area (Å²) in [4.78, 5) is 24.5. The van der Waals surface area contributed by atoms with Crippen molar-refractivity contribution >= 4 is 35.0 Å². The Morgan fingerprint density at radius 3 is 2.13 bits per heavy atom. The van der Waals surface area contributed by atoms with Crippen LogP contribution >= 0.6 is 11.6 Å². The zero-order chi connectivity index (χ0) is 27.1. The molecule has 38 heavy (non-hydrogen) atoms.